The largest absolute Gasteiger partial charge is 0.391 e. The molecule has 1 N–H and O–H groups in total. The summed E-state index contributed by atoms with van der Waals surface area (Å²) in [6.45, 7) is 13.9. The summed E-state index contributed by atoms with van der Waals surface area (Å²) >= 11 is 0. The molecule has 2 nitrogen and oxygen atoms in total. The summed E-state index contributed by atoms with van der Waals surface area (Å²) in [6, 6.07) is 0. The molecular weight excluding hydrogens is 232 g/mol. The normalized spacial score (nSPS) is 44.6. The fourth-order valence-electron chi connectivity index (χ4n) is 3.77. The lowest BCUT2D eigenvalue weighted by molar-refractivity contribution is 0.0144. The van der Waals surface area contributed by atoms with Crippen molar-refractivity contribution in [1.29, 1.82) is 0 Å². The van der Waals surface area contributed by atoms with Crippen LogP contribution >= 0.6 is 0 Å². The number of allylic oxidation sites excluding steroid dienone is 1. The third-order valence-electron chi connectivity index (χ3n) is 5.47. The van der Waals surface area contributed by atoms with E-state index in [1.807, 2.05) is 0 Å². The maximum atomic E-state index is 12.4. The van der Waals surface area contributed by atoms with Crippen LogP contribution in [0.4, 0.5) is 0 Å². The van der Waals surface area contributed by atoms with Crippen LogP contribution in [0.15, 0.2) is 24.1 Å². The van der Waals surface area contributed by atoms with Crippen molar-refractivity contribution in [2.45, 2.75) is 45.0 Å². The second-order valence-corrected chi connectivity index (χ2v) is 7.83. The molecule has 2 bridgehead atoms. The van der Waals surface area contributed by atoms with E-state index in [9.17, 15) is 9.32 Å². The molecule has 0 aliphatic heterocycles. The standard InChI is InChI=1S/C14H22O2S/c1-6-9(2)17(16)11-10-7-8-14(5,12(11)15)13(10,3)4/h6,10-12,15H,1-2,7-8H2,3-5H3/t10-,11-,12-,14+,17?/m1/s1. The Morgan fingerprint density at radius 2 is 2.06 bits per heavy atom. The molecule has 0 saturated heterocycles. The van der Waals surface area contributed by atoms with Crippen LogP contribution in [0.25, 0.3) is 0 Å². The molecule has 2 aliphatic carbocycles. The zero-order valence-electron chi connectivity index (χ0n) is 10.9. The summed E-state index contributed by atoms with van der Waals surface area (Å²) in [6.07, 6.45) is 3.14. The fourth-order valence-corrected chi connectivity index (χ4v) is 5.59. The maximum absolute atomic E-state index is 12.4. The van der Waals surface area contributed by atoms with E-state index in [0.717, 1.165) is 12.8 Å². The SMILES string of the molecule is C=CC(=C)S(=O)[C@@H]1[C@H]2CC[C@@](C)([C@@H]1O)C2(C)C. The smallest absolute Gasteiger partial charge is 0.0748 e. The maximum Gasteiger partial charge on any atom is 0.0748 e. The van der Waals surface area contributed by atoms with Crippen molar-refractivity contribution in [2.24, 2.45) is 16.7 Å². The summed E-state index contributed by atoms with van der Waals surface area (Å²) in [5.41, 5.74) is -0.0619. The minimum absolute atomic E-state index is 0.0498. The Bertz CT molecular complexity index is 399. The number of aliphatic hydroxyl groups excluding tert-OH is 1. The van der Waals surface area contributed by atoms with Crippen LogP contribution in [-0.2, 0) is 10.8 Å². The first-order valence-electron chi connectivity index (χ1n) is 6.17. The molecular formula is C14H22O2S. The summed E-state index contributed by atoms with van der Waals surface area (Å²) in [5, 5.41) is 10.3. The Morgan fingerprint density at radius 3 is 2.47 bits per heavy atom. The van der Waals surface area contributed by atoms with E-state index < -0.39 is 16.9 Å². The van der Waals surface area contributed by atoms with E-state index in [-0.39, 0.29) is 16.1 Å². The zero-order valence-corrected chi connectivity index (χ0v) is 11.7. The van der Waals surface area contributed by atoms with Crippen LogP contribution in [0.1, 0.15) is 33.6 Å². The second kappa shape index (κ2) is 3.79. The van der Waals surface area contributed by atoms with E-state index in [2.05, 4.69) is 33.9 Å². The fraction of sp³-hybridized carbons (Fsp3) is 0.714. The molecule has 2 aliphatic rings. The highest BCUT2D eigenvalue weighted by molar-refractivity contribution is 7.89. The van der Waals surface area contributed by atoms with Gasteiger partial charge in [0.2, 0.25) is 0 Å². The van der Waals surface area contributed by atoms with Crippen LogP contribution < -0.4 is 0 Å². The molecule has 0 heterocycles. The molecule has 0 aromatic rings. The molecule has 0 aromatic carbocycles. The van der Waals surface area contributed by atoms with Crippen molar-refractivity contribution >= 4 is 10.8 Å². The van der Waals surface area contributed by atoms with Crippen molar-refractivity contribution in [1.82, 2.24) is 0 Å². The molecule has 0 radical (unpaired) electrons. The van der Waals surface area contributed by atoms with E-state index in [1.54, 1.807) is 6.08 Å². The number of fused-ring (bicyclic) bond motifs is 2. The molecule has 0 aromatic heterocycles. The first kappa shape index (κ1) is 13.0. The van der Waals surface area contributed by atoms with Gasteiger partial charge in [0.1, 0.15) is 0 Å². The average molecular weight is 254 g/mol. The van der Waals surface area contributed by atoms with Gasteiger partial charge in [0.25, 0.3) is 0 Å². The van der Waals surface area contributed by atoms with Gasteiger partial charge < -0.3 is 5.11 Å². The van der Waals surface area contributed by atoms with Crippen molar-refractivity contribution in [3.63, 3.8) is 0 Å². The Morgan fingerprint density at radius 1 is 1.47 bits per heavy atom. The van der Waals surface area contributed by atoms with Crippen molar-refractivity contribution < 1.29 is 9.32 Å². The highest BCUT2D eigenvalue weighted by Crippen LogP contribution is 2.66. The van der Waals surface area contributed by atoms with Gasteiger partial charge in [-0.25, -0.2) is 0 Å². The molecule has 17 heavy (non-hydrogen) atoms. The average Bonchev–Trinajstić information content (AvgIpc) is 2.59. The predicted octanol–water partition coefficient (Wildman–Crippen LogP) is 2.62. The lowest BCUT2D eigenvalue weighted by Crippen LogP contribution is -2.41. The first-order valence-corrected chi connectivity index (χ1v) is 7.38. The van der Waals surface area contributed by atoms with Crippen LogP contribution in [0.5, 0.6) is 0 Å². The molecule has 3 heteroatoms. The second-order valence-electron chi connectivity index (χ2n) is 6.16. The van der Waals surface area contributed by atoms with Crippen LogP contribution in [0, 0.1) is 16.7 Å². The summed E-state index contributed by atoms with van der Waals surface area (Å²) in [4.78, 5) is 0.543. The van der Waals surface area contributed by atoms with Crippen LogP contribution in [0.2, 0.25) is 0 Å². The van der Waals surface area contributed by atoms with Crippen molar-refractivity contribution in [2.75, 3.05) is 0 Å². The summed E-state index contributed by atoms with van der Waals surface area (Å²) in [5.74, 6) is 0.319. The highest BCUT2D eigenvalue weighted by Gasteiger charge is 2.67. The molecule has 0 spiro atoms. The third kappa shape index (κ3) is 1.45. The minimum Gasteiger partial charge on any atom is -0.391 e. The van der Waals surface area contributed by atoms with Gasteiger partial charge in [0, 0.05) is 10.3 Å². The summed E-state index contributed by atoms with van der Waals surface area (Å²) < 4.78 is 12.4. The van der Waals surface area contributed by atoms with Crippen LogP contribution in [0.3, 0.4) is 0 Å². The topological polar surface area (TPSA) is 37.3 Å². The number of aliphatic hydroxyl groups is 1. The number of rotatable bonds is 3. The Labute approximate surface area is 106 Å². The van der Waals surface area contributed by atoms with Gasteiger partial charge in [-0.05, 0) is 24.2 Å². The molecule has 1 unspecified atom stereocenters. The molecule has 2 fully saturated rings. The zero-order chi connectivity index (χ0) is 13.0. The monoisotopic (exact) mass is 254 g/mol. The lowest BCUT2D eigenvalue weighted by Gasteiger charge is -2.37. The molecule has 0 amide bonds. The minimum atomic E-state index is -1.20. The Kier molecular flexibility index (Phi) is 2.91. The van der Waals surface area contributed by atoms with Gasteiger partial charge in [-0.3, -0.25) is 4.21 Å². The van der Waals surface area contributed by atoms with E-state index in [1.165, 1.54) is 0 Å². The quantitative estimate of drug-likeness (QED) is 0.786. The van der Waals surface area contributed by atoms with E-state index >= 15 is 0 Å². The molecule has 2 rings (SSSR count). The Balaban J connectivity index is 2.38. The lowest BCUT2D eigenvalue weighted by atomic mass is 9.70. The third-order valence-corrected chi connectivity index (χ3v) is 7.23. The van der Waals surface area contributed by atoms with Gasteiger partial charge in [-0.15, -0.1) is 0 Å². The Hall–Kier alpha value is -0.410. The van der Waals surface area contributed by atoms with Crippen LogP contribution in [-0.4, -0.2) is 20.7 Å². The molecule has 96 valence electrons. The van der Waals surface area contributed by atoms with Gasteiger partial charge in [0.15, 0.2) is 0 Å². The van der Waals surface area contributed by atoms with Gasteiger partial charge in [0.05, 0.1) is 22.2 Å². The first-order chi connectivity index (χ1) is 7.77. The van der Waals surface area contributed by atoms with Crippen molar-refractivity contribution in [3.05, 3.63) is 24.1 Å². The number of hydrogen-bond acceptors (Lipinski definition) is 2. The molecule has 5 atom stereocenters. The van der Waals surface area contributed by atoms with Gasteiger partial charge in [-0.2, -0.15) is 0 Å². The van der Waals surface area contributed by atoms with Gasteiger partial charge >= 0.3 is 0 Å². The van der Waals surface area contributed by atoms with E-state index in [0.29, 0.717) is 10.8 Å². The van der Waals surface area contributed by atoms with Crippen molar-refractivity contribution in [3.8, 4) is 0 Å². The van der Waals surface area contributed by atoms with Gasteiger partial charge in [-0.1, -0.05) is 40.0 Å². The summed E-state index contributed by atoms with van der Waals surface area (Å²) in [7, 11) is -1.20. The van der Waals surface area contributed by atoms with E-state index in [4.69, 9.17) is 0 Å². The predicted molar refractivity (Wildman–Crippen MR) is 71.9 cm³/mol. The number of hydrogen-bond donors (Lipinski definition) is 1. The highest BCUT2D eigenvalue weighted by atomic mass is 32.2. The molecule has 2 saturated carbocycles.